The number of hydrogen-bond acceptors (Lipinski definition) is 3. The molecule has 0 fully saturated rings. The quantitative estimate of drug-likeness (QED) is 0.736. The molecule has 0 aliphatic heterocycles. The molecule has 1 aromatic heterocycles. The number of amides is 1. The van der Waals surface area contributed by atoms with E-state index in [2.05, 4.69) is 16.6 Å². The van der Waals surface area contributed by atoms with Gasteiger partial charge in [0.25, 0.3) is 5.91 Å². The number of carbonyl (C=O) groups excluding carboxylic acids is 1. The van der Waals surface area contributed by atoms with Gasteiger partial charge in [-0.25, -0.2) is 0 Å². The average molecular weight is 277 g/mol. The molecule has 2 rings (SSSR count). The van der Waals surface area contributed by atoms with Crippen LogP contribution in [0, 0.1) is 0 Å². The molecule has 1 amide bonds. The largest absolute Gasteiger partial charge is 0.399 e. The third-order valence-electron chi connectivity index (χ3n) is 3.08. The molecular weight excluding hydrogens is 258 g/mol. The van der Waals surface area contributed by atoms with E-state index in [4.69, 9.17) is 5.73 Å². The zero-order valence-corrected chi connectivity index (χ0v) is 12.0. The Morgan fingerprint density at radius 1 is 1.53 bits per heavy atom. The van der Waals surface area contributed by atoms with E-state index < -0.39 is 0 Å². The normalized spacial score (nSPS) is 12.5. The van der Waals surface area contributed by atoms with Crippen LogP contribution in [0.25, 0.3) is 10.9 Å². The van der Waals surface area contributed by atoms with Gasteiger partial charge in [-0.1, -0.05) is 0 Å². The van der Waals surface area contributed by atoms with Crippen molar-refractivity contribution in [1.82, 2.24) is 10.3 Å². The highest BCUT2D eigenvalue weighted by atomic mass is 32.2. The predicted molar refractivity (Wildman–Crippen MR) is 82.6 cm³/mol. The number of hydrogen-bond donors (Lipinski definition) is 3. The Kier molecular flexibility index (Phi) is 4.37. The highest BCUT2D eigenvalue weighted by molar-refractivity contribution is 7.98. The van der Waals surface area contributed by atoms with Gasteiger partial charge in [-0.15, -0.1) is 0 Å². The molecule has 1 atom stereocenters. The Hall–Kier alpha value is -1.62. The summed E-state index contributed by atoms with van der Waals surface area (Å²) >= 11 is 1.79. The van der Waals surface area contributed by atoms with Crippen LogP contribution in [-0.2, 0) is 0 Å². The molecule has 0 spiro atoms. The number of rotatable bonds is 5. The Bertz CT molecular complexity index is 579. The van der Waals surface area contributed by atoms with Gasteiger partial charge < -0.3 is 16.0 Å². The number of nitrogens with one attached hydrogen (secondary N) is 2. The molecule has 102 valence electrons. The van der Waals surface area contributed by atoms with E-state index in [9.17, 15) is 4.79 Å². The summed E-state index contributed by atoms with van der Waals surface area (Å²) < 4.78 is 0. The van der Waals surface area contributed by atoms with E-state index in [0.717, 1.165) is 23.1 Å². The molecule has 1 aromatic carbocycles. The molecule has 0 aliphatic rings. The lowest BCUT2D eigenvalue weighted by molar-refractivity contribution is 0.0941. The summed E-state index contributed by atoms with van der Waals surface area (Å²) in [6.45, 7) is 2.03. The first-order valence-electron chi connectivity index (χ1n) is 6.28. The summed E-state index contributed by atoms with van der Waals surface area (Å²) in [6, 6.07) is 5.71. The second-order valence-electron chi connectivity index (χ2n) is 4.66. The van der Waals surface area contributed by atoms with E-state index in [1.165, 1.54) is 0 Å². The molecule has 0 saturated carbocycles. The van der Waals surface area contributed by atoms with Crippen molar-refractivity contribution in [1.29, 1.82) is 0 Å². The van der Waals surface area contributed by atoms with Crippen LogP contribution in [0.5, 0.6) is 0 Å². The van der Waals surface area contributed by atoms with Crippen LogP contribution in [-0.4, -0.2) is 28.9 Å². The zero-order chi connectivity index (χ0) is 13.8. The van der Waals surface area contributed by atoms with Crippen LogP contribution >= 0.6 is 11.8 Å². The van der Waals surface area contributed by atoms with Gasteiger partial charge >= 0.3 is 0 Å². The summed E-state index contributed by atoms with van der Waals surface area (Å²) in [5.74, 6) is 0.993. The summed E-state index contributed by atoms with van der Waals surface area (Å²) in [7, 11) is 0. The first kappa shape index (κ1) is 13.8. The van der Waals surface area contributed by atoms with Crippen molar-refractivity contribution in [2.75, 3.05) is 17.7 Å². The van der Waals surface area contributed by atoms with Crippen LogP contribution < -0.4 is 11.1 Å². The number of nitrogens with two attached hydrogens (primary N) is 1. The second-order valence-corrected chi connectivity index (χ2v) is 5.65. The summed E-state index contributed by atoms with van der Waals surface area (Å²) in [5, 5.41) is 3.89. The molecule has 4 nitrogen and oxygen atoms in total. The van der Waals surface area contributed by atoms with Crippen molar-refractivity contribution in [2.24, 2.45) is 0 Å². The molecule has 0 radical (unpaired) electrons. The lowest BCUT2D eigenvalue weighted by Gasteiger charge is -2.12. The Balaban J connectivity index is 2.15. The van der Waals surface area contributed by atoms with Crippen LogP contribution in [0.1, 0.15) is 23.7 Å². The first-order chi connectivity index (χ1) is 9.11. The Morgan fingerprint density at radius 3 is 3.05 bits per heavy atom. The zero-order valence-electron chi connectivity index (χ0n) is 11.2. The molecule has 4 N–H and O–H groups in total. The summed E-state index contributed by atoms with van der Waals surface area (Å²) in [4.78, 5) is 15.3. The Morgan fingerprint density at radius 2 is 2.32 bits per heavy atom. The van der Waals surface area contributed by atoms with Gasteiger partial charge in [0, 0.05) is 28.8 Å². The van der Waals surface area contributed by atoms with Crippen LogP contribution in [0.2, 0.25) is 0 Å². The molecule has 2 aromatic rings. The van der Waals surface area contributed by atoms with Crippen molar-refractivity contribution in [2.45, 2.75) is 19.4 Å². The number of anilines is 1. The molecule has 0 saturated heterocycles. The number of aromatic nitrogens is 1. The highest BCUT2D eigenvalue weighted by Gasteiger charge is 2.14. The SMILES string of the molecule is CSCCC(C)NC(=O)c1c[nH]c2ccc(N)cc12. The van der Waals surface area contributed by atoms with E-state index >= 15 is 0 Å². The maximum Gasteiger partial charge on any atom is 0.253 e. The third-order valence-corrected chi connectivity index (χ3v) is 3.73. The monoisotopic (exact) mass is 277 g/mol. The van der Waals surface area contributed by atoms with Gasteiger partial charge in [-0.05, 0) is 43.6 Å². The molecule has 0 aliphatic carbocycles. The van der Waals surface area contributed by atoms with Crippen molar-refractivity contribution in [3.63, 3.8) is 0 Å². The van der Waals surface area contributed by atoms with Crippen molar-refractivity contribution in [3.8, 4) is 0 Å². The number of fused-ring (bicyclic) bond motifs is 1. The number of benzene rings is 1. The van der Waals surface area contributed by atoms with E-state index in [-0.39, 0.29) is 11.9 Å². The number of aromatic amines is 1. The standard InChI is InChI=1S/C14H19N3OS/c1-9(5-6-19-2)17-14(18)12-8-16-13-4-3-10(15)7-11(12)13/h3-4,7-9,16H,5-6,15H2,1-2H3,(H,17,18). The van der Waals surface area contributed by atoms with Gasteiger partial charge in [-0.3, -0.25) is 4.79 Å². The average Bonchev–Trinajstić information content (AvgIpc) is 2.79. The lowest BCUT2D eigenvalue weighted by atomic mass is 10.1. The minimum atomic E-state index is -0.0505. The molecule has 1 unspecified atom stereocenters. The first-order valence-corrected chi connectivity index (χ1v) is 7.67. The van der Waals surface area contributed by atoms with E-state index in [1.807, 2.05) is 25.1 Å². The second kappa shape index (κ2) is 6.02. The molecule has 1 heterocycles. The van der Waals surface area contributed by atoms with Crippen LogP contribution in [0.15, 0.2) is 24.4 Å². The number of carbonyl (C=O) groups is 1. The van der Waals surface area contributed by atoms with Crippen LogP contribution in [0.3, 0.4) is 0 Å². The minimum absolute atomic E-state index is 0.0505. The number of nitrogen functional groups attached to an aromatic ring is 1. The lowest BCUT2D eigenvalue weighted by Crippen LogP contribution is -2.32. The van der Waals surface area contributed by atoms with Crippen molar-refractivity contribution >= 4 is 34.3 Å². The van der Waals surface area contributed by atoms with Gasteiger partial charge in [0.05, 0.1) is 5.56 Å². The van der Waals surface area contributed by atoms with E-state index in [1.54, 1.807) is 18.0 Å². The molecular formula is C14H19N3OS. The molecule has 5 heteroatoms. The highest BCUT2D eigenvalue weighted by Crippen LogP contribution is 2.21. The smallest absolute Gasteiger partial charge is 0.253 e. The molecule has 0 bridgehead atoms. The predicted octanol–water partition coefficient (Wildman–Crippen LogP) is 2.62. The fraction of sp³-hybridized carbons (Fsp3) is 0.357. The van der Waals surface area contributed by atoms with Crippen molar-refractivity contribution < 1.29 is 4.79 Å². The van der Waals surface area contributed by atoms with Gasteiger partial charge in [0.15, 0.2) is 0 Å². The van der Waals surface area contributed by atoms with Gasteiger partial charge in [0.2, 0.25) is 0 Å². The maximum absolute atomic E-state index is 12.2. The fourth-order valence-corrected chi connectivity index (χ4v) is 2.58. The van der Waals surface area contributed by atoms with Gasteiger partial charge in [0.1, 0.15) is 0 Å². The Labute approximate surface area is 117 Å². The number of H-pyrrole nitrogens is 1. The number of thioether (sulfide) groups is 1. The fourth-order valence-electron chi connectivity index (χ4n) is 1.99. The summed E-state index contributed by atoms with van der Waals surface area (Å²) in [5.41, 5.74) is 8.01. The topological polar surface area (TPSA) is 70.9 Å². The van der Waals surface area contributed by atoms with E-state index in [0.29, 0.717) is 11.3 Å². The van der Waals surface area contributed by atoms with Crippen molar-refractivity contribution in [3.05, 3.63) is 30.0 Å². The maximum atomic E-state index is 12.2. The minimum Gasteiger partial charge on any atom is -0.399 e. The van der Waals surface area contributed by atoms with Crippen LogP contribution in [0.4, 0.5) is 5.69 Å². The summed E-state index contributed by atoms with van der Waals surface area (Å²) in [6.07, 6.45) is 4.77. The molecule has 19 heavy (non-hydrogen) atoms. The van der Waals surface area contributed by atoms with Gasteiger partial charge in [-0.2, -0.15) is 11.8 Å². The third kappa shape index (κ3) is 3.23.